The SMILES string of the molecule is O=C1CN(/N=C/c2sc(Nc3ccccc3)nc2Cl)C(=O)N1. The Morgan fingerprint density at radius 2 is 2.14 bits per heavy atom. The minimum absolute atomic E-state index is 0.0964. The van der Waals surface area contributed by atoms with Crippen LogP contribution >= 0.6 is 22.9 Å². The van der Waals surface area contributed by atoms with Crippen LogP contribution in [0.2, 0.25) is 5.15 Å². The Labute approximate surface area is 134 Å². The van der Waals surface area contributed by atoms with Gasteiger partial charge in [-0.15, -0.1) is 0 Å². The molecule has 112 valence electrons. The molecule has 1 aromatic heterocycles. The van der Waals surface area contributed by atoms with Crippen molar-refractivity contribution < 1.29 is 9.59 Å². The Bertz CT molecular complexity index is 746. The van der Waals surface area contributed by atoms with Gasteiger partial charge in [0, 0.05) is 5.69 Å². The van der Waals surface area contributed by atoms with Crippen molar-refractivity contribution in [2.45, 2.75) is 0 Å². The van der Waals surface area contributed by atoms with Gasteiger partial charge in [-0.1, -0.05) is 41.1 Å². The molecule has 0 atom stereocenters. The van der Waals surface area contributed by atoms with E-state index in [1.54, 1.807) is 0 Å². The molecule has 2 aromatic rings. The van der Waals surface area contributed by atoms with Crippen molar-refractivity contribution in [1.82, 2.24) is 15.3 Å². The number of imide groups is 1. The van der Waals surface area contributed by atoms with E-state index in [1.807, 2.05) is 30.3 Å². The van der Waals surface area contributed by atoms with Gasteiger partial charge in [0.25, 0.3) is 0 Å². The molecule has 3 amide bonds. The first-order valence-corrected chi connectivity index (χ1v) is 7.45. The highest BCUT2D eigenvalue weighted by Gasteiger charge is 2.26. The topological polar surface area (TPSA) is 86.7 Å². The van der Waals surface area contributed by atoms with Gasteiger partial charge in [-0.3, -0.25) is 10.1 Å². The summed E-state index contributed by atoms with van der Waals surface area (Å²) in [6, 6.07) is 8.99. The summed E-state index contributed by atoms with van der Waals surface area (Å²) < 4.78 is 0. The number of para-hydroxylation sites is 1. The van der Waals surface area contributed by atoms with Gasteiger partial charge >= 0.3 is 6.03 Å². The summed E-state index contributed by atoms with van der Waals surface area (Å²) in [6.45, 7) is -0.0964. The maximum atomic E-state index is 11.4. The van der Waals surface area contributed by atoms with Crippen molar-refractivity contribution in [3.05, 3.63) is 40.4 Å². The molecule has 3 rings (SSSR count). The standard InChI is InChI=1S/C13H10ClN5O2S/c14-11-9(6-15-19-7-10(20)17-13(19)21)22-12(18-11)16-8-4-2-1-3-5-8/h1-6H,7H2,(H,16,18)(H,17,20,21)/b15-6+. The Hall–Kier alpha value is -2.45. The molecule has 22 heavy (non-hydrogen) atoms. The first kappa shape index (κ1) is 14.5. The predicted molar refractivity (Wildman–Crippen MR) is 84.7 cm³/mol. The lowest BCUT2D eigenvalue weighted by Crippen LogP contribution is -2.24. The van der Waals surface area contributed by atoms with Gasteiger partial charge in [-0.25, -0.2) is 14.8 Å². The number of thiazole rings is 1. The lowest BCUT2D eigenvalue weighted by molar-refractivity contribution is -0.118. The van der Waals surface area contributed by atoms with E-state index in [0.29, 0.717) is 10.0 Å². The largest absolute Gasteiger partial charge is 0.344 e. The van der Waals surface area contributed by atoms with Gasteiger partial charge in [0.05, 0.1) is 11.1 Å². The molecule has 0 unspecified atom stereocenters. The van der Waals surface area contributed by atoms with E-state index in [-0.39, 0.29) is 17.6 Å². The highest BCUT2D eigenvalue weighted by atomic mass is 35.5. The van der Waals surface area contributed by atoms with Crippen molar-refractivity contribution in [3.8, 4) is 0 Å². The third kappa shape index (κ3) is 3.23. The molecule has 1 fully saturated rings. The van der Waals surface area contributed by atoms with E-state index in [1.165, 1.54) is 17.6 Å². The number of carbonyl (C=O) groups is 2. The number of carbonyl (C=O) groups excluding carboxylic acids is 2. The highest BCUT2D eigenvalue weighted by molar-refractivity contribution is 7.17. The monoisotopic (exact) mass is 335 g/mol. The molecular weight excluding hydrogens is 326 g/mol. The third-order valence-electron chi connectivity index (χ3n) is 2.72. The Kier molecular flexibility index (Phi) is 4.03. The highest BCUT2D eigenvalue weighted by Crippen LogP contribution is 2.27. The van der Waals surface area contributed by atoms with E-state index in [0.717, 1.165) is 10.7 Å². The number of hydrogen-bond acceptors (Lipinski definition) is 6. The molecule has 0 radical (unpaired) electrons. The molecule has 0 bridgehead atoms. The van der Waals surface area contributed by atoms with Gasteiger partial charge in [0.1, 0.15) is 6.54 Å². The van der Waals surface area contributed by atoms with Crippen LogP contribution in [0.3, 0.4) is 0 Å². The van der Waals surface area contributed by atoms with E-state index < -0.39 is 6.03 Å². The second-order valence-corrected chi connectivity index (χ2v) is 5.71. The smallest absolute Gasteiger partial charge is 0.331 e. The molecule has 9 heteroatoms. The fraction of sp³-hybridized carbons (Fsp3) is 0.0769. The normalized spacial score (nSPS) is 14.7. The summed E-state index contributed by atoms with van der Waals surface area (Å²) in [4.78, 5) is 27.2. The molecular formula is C13H10ClN5O2S. The lowest BCUT2D eigenvalue weighted by atomic mass is 10.3. The van der Waals surface area contributed by atoms with Crippen LogP contribution in [0.1, 0.15) is 4.88 Å². The fourth-order valence-electron chi connectivity index (χ4n) is 1.74. The zero-order valence-corrected chi connectivity index (χ0v) is 12.7. The van der Waals surface area contributed by atoms with Gasteiger partial charge in [-0.05, 0) is 12.1 Å². The molecule has 1 aliphatic heterocycles. The molecule has 0 aliphatic carbocycles. The quantitative estimate of drug-likeness (QED) is 0.663. The van der Waals surface area contributed by atoms with Gasteiger partial charge in [-0.2, -0.15) is 5.10 Å². The Morgan fingerprint density at radius 1 is 1.36 bits per heavy atom. The van der Waals surface area contributed by atoms with Crippen LogP contribution in [0.5, 0.6) is 0 Å². The second kappa shape index (κ2) is 6.12. The minimum Gasteiger partial charge on any atom is -0.331 e. The van der Waals surface area contributed by atoms with E-state index in [4.69, 9.17) is 11.6 Å². The zero-order valence-electron chi connectivity index (χ0n) is 11.1. The molecule has 7 nitrogen and oxygen atoms in total. The van der Waals surface area contributed by atoms with Crippen molar-refractivity contribution in [3.63, 3.8) is 0 Å². The number of anilines is 2. The maximum absolute atomic E-state index is 11.4. The number of nitrogens with zero attached hydrogens (tertiary/aromatic N) is 3. The minimum atomic E-state index is -0.551. The van der Waals surface area contributed by atoms with Crippen molar-refractivity contribution in [1.29, 1.82) is 0 Å². The number of urea groups is 1. The summed E-state index contributed by atoms with van der Waals surface area (Å²) >= 11 is 7.34. The maximum Gasteiger partial charge on any atom is 0.344 e. The molecule has 0 spiro atoms. The van der Waals surface area contributed by atoms with E-state index in [9.17, 15) is 9.59 Å². The van der Waals surface area contributed by atoms with Crippen molar-refractivity contribution in [2.24, 2.45) is 5.10 Å². The first-order valence-electron chi connectivity index (χ1n) is 6.25. The summed E-state index contributed by atoms with van der Waals surface area (Å²) in [7, 11) is 0. The van der Waals surface area contributed by atoms with Gasteiger partial charge < -0.3 is 5.32 Å². The van der Waals surface area contributed by atoms with Crippen LogP contribution in [0.25, 0.3) is 0 Å². The molecule has 1 saturated heterocycles. The third-order valence-corrected chi connectivity index (χ3v) is 4.03. The van der Waals surface area contributed by atoms with Gasteiger partial charge in [0.2, 0.25) is 5.91 Å². The first-order chi connectivity index (χ1) is 10.6. The zero-order chi connectivity index (χ0) is 15.5. The van der Waals surface area contributed by atoms with Crippen LogP contribution in [-0.4, -0.2) is 34.7 Å². The number of aromatic nitrogens is 1. The Morgan fingerprint density at radius 3 is 2.82 bits per heavy atom. The summed E-state index contributed by atoms with van der Waals surface area (Å²) in [5.41, 5.74) is 0.890. The number of rotatable bonds is 4. The number of hydrogen-bond donors (Lipinski definition) is 2. The molecule has 2 N–H and O–H groups in total. The second-order valence-electron chi connectivity index (χ2n) is 4.32. The predicted octanol–water partition coefficient (Wildman–Crippen LogP) is 2.43. The van der Waals surface area contributed by atoms with E-state index >= 15 is 0 Å². The molecule has 1 aromatic carbocycles. The van der Waals surface area contributed by atoms with Crippen molar-refractivity contribution >= 4 is 51.9 Å². The summed E-state index contributed by atoms with van der Waals surface area (Å²) in [5.74, 6) is -0.385. The van der Waals surface area contributed by atoms with Crippen LogP contribution < -0.4 is 10.6 Å². The molecule has 1 aliphatic rings. The number of nitrogens with one attached hydrogen (secondary N) is 2. The molecule has 2 heterocycles. The number of amides is 3. The van der Waals surface area contributed by atoms with Crippen LogP contribution in [0.4, 0.5) is 15.6 Å². The van der Waals surface area contributed by atoms with Crippen LogP contribution in [0.15, 0.2) is 35.4 Å². The van der Waals surface area contributed by atoms with Gasteiger partial charge in [0.15, 0.2) is 10.3 Å². The average Bonchev–Trinajstić information content (AvgIpc) is 2.99. The van der Waals surface area contributed by atoms with Crippen LogP contribution in [0, 0.1) is 0 Å². The van der Waals surface area contributed by atoms with Crippen LogP contribution in [-0.2, 0) is 4.79 Å². The lowest BCUT2D eigenvalue weighted by Gasteiger charge is -2.03. The molecule has 0 saturated carbocycles. The van der Waals surface area contributed by atoms with E-state index in [2.05, 4.69) is 20.7 Å². The number of halogens is 1. The number of hydrazone groups is 1. The summed E-state index contributed by atoms with van der Waals surface area (Å²) in [5, 5.41) is 11.1. The van der Waals surface area contributed by atoms with Crippen molar-refractivity contribution in [2.75, 3.05) is 11.9 Å². The summed E-state index contributed by atoms with van der Waals surface area (Å²) in [6.07, 6.45) is 1.41. The average molecular weight is 336 g/mol. The number of benzene rings is 1. The Balaban J connectivity index is 1.72. The fourth-order valence-corrected chi connectivity index (χ4v) is 2.78.